The van der Waals surface area contributed by atoms with Crippen LogP contribution in [0.5, 0.6) is 5.75 Å². The van der Waals surface area contributed by atoms with Gasteiger partial charge in [0.25, 0.3) is 5.91 Å². The maximum absolute atomic E-state index is 13.9. The first-order valence-corrected chi connectivity index (χ1v) is 13.7. The highest BCUT2D eigenvalue weighted by Crippen LogP contribution is 2.37. The Morgan fingerprint density at radius 3 is 2.32 bits per heavy atom. The van der Waals surface area contributed by atoms with E-state index in [-0.39, 0.29) is 39.0 Å². The first-order chi connectivity index (χ1) is 16.5. The average Bonchev–Trinajstić information content (AvgIpc) is 3.49. The molecule has 1 N–H and O–H groups in total. The number of benzene rings is 1. The molecule has 6 nitrogen and oxygen atoms in total. The number of hydrogen-bond donors (Lipinski definition) is 1. The summed E-state index contributed by atoms with van der Waals surface area (Å²) in [7, 11) is 0. The second-order valence-electron chi connectivity index (χ2n) is 9.02. The molecule has 184 valence electrons. The van der Waals surface area contributed by atoms with Gasteiger partial charge < -0.3 is 15.0 Å². The number of amides is 2. The van der Waals surface area contributed by atoms with Gasteiger partial charge >= 0.3 is 0 Å². The monoisotopic (exact) mass is 523 g/mol. The van der Waals surface area contributed by atoms with Gasteiger partial charge in [0.1, 0.15) is 21.2 Å². The maximum atomic E-state index is 13.9. The lowest BCUT2D eigenvalue weighted by Gasteiger charge is -2.37. The predicted octanol–water partition coefficient (Wildman–Crippen LogP) is 6.42. The van der Waals surface area contributed by atoms with Gasteiger partial charge in [0, 0.05) is 12.1 Å². The minimum absolute atomic E-state index is 0.0716. The highest BCUT2D eigenvalue weighted by atomic mass is 35.5. The van der Waals surface area contributed by atoms with Crippen LogP contribution in [0.25, 0.3) is 0 Å². The Morgan fingerprint density at radius 2 is 1.74 bits per heavy atom. The lowest BCUT2D eigenvalue weighted by atomic mass is 9.94. The van der Waals surface area contributed by atoms with E-state index in [1.165, 1.54) is 6.42 Å². The topological polar surface area (TPSA) is 71.5 Å². The Kier molecular flexibility index (Phi) is 8.72. The Morgan fingerprint density at radius 1 is 1.09 bits per heavy atom. The van der Waals surface area contributed by atoms with Crippen LogP contribution in [0.2, 0.25) is 9.36 Å². The van der Waals surface area contributed by atoms with E-state index in [4.69, 9.17) is 27.9 Å². The molecule has 2 aliphatic carbocycles. The molecule has 1 heterocycles. The largest absolute Gasteiger partial charge is 0.494 e. The van der Waals surface area contributed by atoms with Crippen LogP contribution in [0.15, 0.2) is 24.3 Å². The molecular formula is C25H31Cl2N3O3S. The van der Waals surface area contributed by atoms with Crippen molar-refractivity contribution in [3.05, 3.63) is 44.9 Å². The molecule has 2 aromatic rings. The smallest absolute Gasteiger partial charge is 0.276 e. The molecule has 0 aliphatic heterocycles. The molecule has 0 bridgehead atoms. The molecule has 0 saturated heterocycles. The Balaban J connectivity index is 1.72. The third-order valence-electron chi connectivity index (χ3n) is 6.74. The van der Waals surface area contributed by atoms with Crippen molar-refractivity contribution in [3.8, 4) is 5.75 Å². The van der Waals surface area contributed by atoms with Crippen molar-refractivity contribution in [2.45, 2.75) is 82.8 Å². The van der Waals surface area contributed by atoms with Gasteiger partial charge in [0.15, 0.2) is 5.69 Å². The quantitative estimate of drug-likeness (QED) is 0.433. The number of carbonyl (C=O) groups excluding carboxylic acids is 2. The predicted molar refractivity (Wildman–Crippen MR) is 136 cm³/mol. The van der Waals surface area contributed by atoms with Crippen LogP contribution in [0, 0.1) is 0 Å². The number of nitrogens with zero attached hydrogens (tertiary/aromatic N) is 2. The molecule has 1 atom stereocenters. The van der Waals surface area contributed by atoms with Gasteiger partial charge in [0.2, 0.25) is 5.91 Å². The van der Waals surface area contributed by atoms with E-state index in [9.17, 15) is 9.59 Å². The summed E-state index contributed by atoms with van der Waals surface area (Å²) in [6, 6.07) is 6.72. The van der Waals surface area contributed by atoms with Crippen LogP contribution >= 0.6 is 34.7 Å². The van der Waals surface area contributed by atoms with E-state index in [1.54, 1.807) is 4.90 Å². The fourth-order valence-corrected chi connectivity index (χ4v) is 6.06. The van der Waals surface area contributed by atoms with Gasteiger partial charge in [-0.15, -0.1) is 0 Å². The Labute approximate surface area is 215 Å². The molecule has 2 amide bonds. The molecule has 2 fully saturated rings. The zero-order chi connectivity index (χ0) is 24.1. The number of aromatic nitrogens is 1. The minimum Gasteiger partial charge on any atom is -0.494 e. The fraction of sp³-hybridized carbons (Fsp3) is 0.560. The number of ether oxygens (including phenoxy) is 1. The lowest BCUT2D eigenvalue weighted by Crippen LogP contribution is -2.50. The summed E-state index contributed by atoms with van der Waals surface area (Å²) in [6.45, 7) is 2.48. The summed E-state index contributed by atoms with van der Waals surface area (Å²) in [5, 5.41) is 3.40. The van der Waals surface area contributed by atoms with Crippen LogP contribution in [-0.4, -0.2) is 39.8 Å². The van der Waals surface area contributed by atoms with E-state index in [0.29, 0.717) is 6.61 Å². The molecule has 2 aliphatic rings. The summed E-state index contributed by atoms with van der Waals surface area (Å²) < 4.78 is 10.1. The summed E-state index contributed by atoms with van der Waals surface area (Å²) in [5.41, 5.74) is 0.861. The second-order valence-corrected chi connectivity index (χ2v) is 10.8. The molecule has 0 spiro atoms. The zero-order valence-electron chi connectivity index (χ0n) is 19.4. The van der Waals surface area contributed by atoms with Crippen molar-refractivity contribution < 1.29 is 14.3 Å². The third-order valence-corrected chi connectivity index (χ3v) is 8.35. The lowest BCUT2D eigenvalue weighted by molar-refractivity contribution is -0.127. The van der Waals surface area contributed by atoms with Crippen LogP contribution in [-0.2, 0) is 4.79 Å². The van der Waals surface area contributed by atoms with Crippen molar-refractivity contribution in [1.82, 2.24) is 14.6 Å². The van der Waals surface area contributed by atoms with Gasteiger partial charge in [-0.1, -0.05) is 67.4 Å². The van der Waals surface area contributed by atoms with E-state index >= 15 is 0 Å². The second kappa shape index (κ2) is 11.7. The SMILES string of the molecule is CCOc1ccc([C@@H](C(=O)NC2CCCCC2)N(C(=O)c2nsc(Cl)c2Cl)C2CCCC2)cc1. The number of halogens is 2. The van der Waals surface area contributed by atoms with Crippen molar-refractivity contribution >= 4 is 46.5 Å². The number of rotatable bonds is 8. The first-order valence-electron chi connectivity index (χ1n) is 12.2. The molecule has 1 aromatic carbocycles. The number of hydrogen-bond acceptors (Lipinski definition) is 5. The van der Waals surface area contributed by atoms with Gasteiger partial charge in [0.05, 0.1) is 6.61 Å². The fourth-order valence-electron chi connectivity index (χ4n) is 5.07. The average molecular weight is 525 g/mol. The molecule has 34 heavy (non-hydrogen) atoms. The summed E-state index contributed by atoms with van der Waals surface area (Å²) in [4.78, 5) is 29.4. The van der Waals surface area contributed by atoms with Crippen LogP contribution in [0.3, 0.4) is 0 Å². The molecule has 1 aromatic heterocycles. The number of nitrogens with one attached hydrogen (secondary N) is 1. The highest BCUT2D eigenvalue weighted by Gasteiger charge is 2.40. The van der Waals surface area contributed by atoms with E-state index in [1.807, 2.05) is 31.2 Å². The molecule has 2 saturated carbocycles. The van der Waals surface area contributed by atoms with Crippen LogP contribution in [0.1, 0.15) is 86.8 Å². The molecule has 4 rings (SSSR count). The molecular weight excluding hydrogens is 493 g/mol. The summed E-state index contributed by atoms with van der Waals surface area (Å²) >= 11 is 13.5. The normalized spacial score (nSPS) is 18.0. The molecule has 0 unspecified atom stereocenters. The van der Waals surface area contributed by atoms with Crippen molar-refractivity contribution in [2.75, 3.05) is 6.61 Å². The van der Waals surface area contributed by atoms with Crippen molar-refractivity contribution in [2.24, 2.45) is 0 Å². The minimum atomic E-state index is -0.787. The van der Waals surface area contributed by atoms with Crippen LogP contribution in [0.4, 0.5) is 0 Å². The van der Waals surface area contributed by atoms with Gasteiger partial charge in [-0.25, -0.2) is 0 Å². The molecule has 9 heteroatoms. The van der Waals surface area contributed by atoms with Crippen molar-refractivity contribution in [3.63, 3.8) is 0 Å². The maximum Gasteiger partial charge on any atom is 0.276 e. The zero-order valence-corrected chi connectivity index (χ0v) is 21.7. The summed E-state index contributed by atoms with van der Waals surface area (Å²) in [6.07, 6.45) is 9.05. The van der Waals surface area contributed by atoms with Crippen LogP contribution < -0.4 is 10.1 Å². The van der Waals surface area contributed by atoms with Gasteiger partial charge in [-0.2, -0.15) is 4.37 Å². The van der Waals surface area contributed by atoms with Gasteiger partial charge in [-0.05, 0) is 61.8 Å². The number of carbonyl (C=O) groups is 2. The summed E-state index contributed by atoms with van der Waals surface area (Å²) in [5.74, 6) is 0.220. The Bertz CT molecular complexity index is 986. The standard InChI is InChI=1S/C25H31Cl2N3O3S/c1-2-33-19-14-12-16(13-15-19)22(24(31)28-17-8-4-3-5-9-17)30(18-10-6-7-11-18)25(32)21-20(26)23(27)34-29-21/h12-15,17-18,22H,2-11H2,1H3,(H,28,31)/t22-/m0/s1. The van der Waals surface area contributed by atoms with Gasteiger partial charge in [-0.3, -0.25) is 9.59 Å². The molecule has 0 radical (unpaired) electrons. The third kappa shape index (κ3) is 5.69. The van der Waals surface area contributed by atoms with E-state index in [0.717, 1.165) is 74.2 Å². The van der Waals surface area contributed by atoms with E-state index < -0.39 is 6.04 Å². The van der Waals surface area contributed by atoms with E-state index in [2.05, 4.69) is 9.69 Å². The highest BCUT2D eigenvalue weighted by molar-refractivity contribution is 7.11. The first kappa shape index (κ1) is 25.3. The Hall–Kier alpha value is -1.83. The van der Waals surface area contributed by atoms with Crippen molar-refractivity contribution in [1.29, 1.82) is 0 Å².